The fourth-order valence-electron chi connectivity index (χ4n) is 1.73. The second-order valence-electron chi connectivity index (χ2n) is 4.03. The summed E-state index contributed by atoms with van der Waals surface area (Å²) in [6.07, 6.45) is 0. The molecule has 1 unspecified atom stereocenters. The van der Waals surface area contributed by atoms with Crippen LogP contribution < -0.4 is 0 Å². The fraction of sp³-hybridized carbons (Fsp3) is 0.900. The minimum Gasteiger partial charge on any atom is -0.298 e. The summed E-state index contributed by atoms with van der Waals surface area (Å²) in [7, 11) is 0. The third-order valence-corrected chi connectivity index (χ3v) is 2.93. The van der Waals surface area contributed by atoms with Crippen molar-refractivity contribution in [1.29, 1.82) is 5.26 Å². The van der Waals surface area contributed by atoms with E-state index in [4.69, 9.17) is 16.9 Å². The number of nitriles is 1. The summed E-state index contributed by atoms with van der Waals surface area (Å²) in [5.74, 6) is 0. The van der Waals surface area contributed by atoms with E-state index in [0.29, 0.717) is 12.6 Å². The molecule has 3 nitrogen and oxygen atoms in total. The molecule has 14 heavy (non-hydrogen) atoms. The molecule has 0 radical (unpaired) electrons. The lowest BCUT2D eigenvalue weighted by Crippen LogP contribution is -2.49. The van der Waals surface area contributed by atoms with Crippen LogP contribution in [0.4, 0.5) is 0 Å². The third-order valence-electron chi connectivity index (χ3n) is 2.70. The first-order valence-electron chi connectivity index (χ1n) is 5.13. The maximum absolute atomic E-state index is 8.59. The van der Waals surface area contributed by atoms with Gasteiger partial charge in [-0.2, -0.15) is 5.26 Å². The molecule has 0 saturated carbocycles. The lowest BCUT2D eigenvalue weighted by atomic mass is 10.2. The Hall–Kier alpha value is -0.300. The zero-order chi connectivity index (χ0) is 10.6. The van der Waals surface area contributed by atoms with Crippen LogP contribution in [-0.2, 0) is 0 Å². The highest BCUT2D eigenvalue weighted by atomic mass is 35.5. The molecule has 0 amide bonds. The molecule has 1 heterocycles. The molecule has 0 aromatic heterocycles. The number of halogens is 1. The van der Waals surface area contributed by atoms with Gasteiger partial charge in [-0.05, 0) is 13.8 Å². The van der Waals surface area contributed by atoms with Crippen LogP contribution in [0.15, 0.2) is 0 Å². The maximum Gasteiger partial charge on any atom is 0.133 e. The van der Waals surface area contributed by atoms with Crippen molar-refractivity contribution in [3.63, 3.8) is 0 Å². The Balaban J connectivity index is 2.26. The molecule has 0 aliphatic carbocycles. The van der Waals surface area contributed by atoms with Crippen molar-refractivity contribution in [3.05, 3.63) is 0 Å². The van der Waals surface area contributed by atoms with Crippen LogP contribution in [0.5, 0.6) is 0 Å². The van der Waals surface area contributed by atoms with E-state index in [9.17, 15) is 0 Å². The Labute approximate surface area is 91.2 Å². The SMILES string of the molecule is CC(C)N1CCN(CC(Cl)C#N)CC1. The van der Waals surface area contributed by atoms with Crippen LogP contribution >= 0.6 is 11.6 Å². The van der Waals surface area contributed by atoms with Gasteiger partial charge in [0.2, 0.25) is 0 Å². The molecule has 80 valence electrons. The van der Waals surface area contributed by atoms with Gasteiger partial charge >= 0.3 is 0 Å². The number of hydrogen-bond donors (Lipinski definition) is 0. The number of piperazine rings is 1. The van der Waals surface area contributed by atoms with Crippen molar-refractivity contribution >= 4 is 11.6 Å². The molecule has 1 atom stereocenters. The van der Waals surface area contributed by atoms with Crippen molar-refractivity contribution in [2.45, 2.75) is 25.3 Å². The standard InChI is InChI=1S/C10H18ClN3/c1-9(2)14-5-3-13(4-6-14)8-10(11)7-12/h9-10H,3-6,8H2,1-2H3. The van der Waals surface area contributed by atoms with Gasteiger partial charge in [-0.3, -0.25) is 9.80 Å². The highest BCUT2D eigenvalue weighted by Crippen LogP contribution is 2.07. The van der Waals surface area contributed by atoms with E-state index in [1.54, 1.807) is 0 Å². The van der Waals surface area contributed by atoms with E-state index < -0.39 is 0 Å². The second kappa shape index (κ2) is 5.55. The molecule has 0 spiro atoms. The van der Waals surface area contributed by atoms with Crippen LogP contribution in [-0.4, -0.2) is 53.9 Å². The van der Waals surface area contributed by atoms with Crippen molar-refractivity contribution in [3.8, 4) is 6.07 Å². The van der Waals surface area contributed by atoms with Crippen LogP contribution in [0.3, 0.4) is 0 Å². The lowest BCUT2D eigenvalue weighted by molar-refractivity contribution is 0.111. The van der Waals surface area contributed by atoms with Crippen LogP contribution in [0.25, 0.3) is 0 Å². The number of hydrogen-bond acceptors (Lipinski definition) is 3. The van der Waals surface area contributed by atoms with Gasteiger partial charge in [0.25, 0.3) is 0 Å². The van der Waals surface area contributed by atoms with E-state index >= 15 is 0 Å². The molecular formula is C10H18ClN3. The zero-order valence-corrected chi connectivity index (χ0v) is 9.67. The van der Waals surface area contributed by atoms with Gasteiger partial charge < -0.3 is 0 Å². The summed E-state index contributed by atoms with van der Waals surface area (Å²) < 4.78 is 0. The monoisotopic (exact) mass is 215 g/mol. The van der Waals surface area contributed by atoms with E-state index in [-0.39, 0.29) is 5.38 Å². The van der Waals surface area contributed by atoms with E-state index in [2.05, 4.69) is 29.7 Å². The van der Waals surface area contributed by atoms with Gasteiger partial charge in [0, 0.05) is 38.8 Å². The minimum atomic E-state index is -0.361. The summed E-state index contributed by atoms with van der Waals surface area (Å²) in [6, 6.07) is 2.68. The average molecular weight is 216 g/mol. The Morgan fingerprint density at radius 1 is 1.29 bits per heavy atom. The quantitative estimate of drug-likeness (QED) is 0.662. The average Bonchev–Trinajstić information content (AvgIpc) is 2.18. The predicted molar refractivity (Wildman–Crippen MR) is 58.4 cm³/mol. The number of alkyl halides is 1. The number of nitrogens with zero attached hydrogens (tertiary/aromatic N) is 3. The summed E-state index contributed by atoms with van der Waals surface area (Å²) in [5, 5.41) is 8.23. The molecule has 0 bridgehead atoms. The van der Waals surface area contributed by atoms with Gasteiger partial charge in [0.05, 0.1) is 6.07 Å². The van der Waals surface area contributed by atoms with Crippen LogP contribution in [0.2, 0.25) is 0 Å². The Morgan fingerprint density at radius 2 is 1.86 bits per heavy atom. The van der Waals surface area contributed by atoms with E-state index in [1.807, 2.05) is 0 Å². The van der Waals surface area contributed by atoms with Crippen LogP contribution in [0.1, 0.15) is 13.8 Å². The molecule has 1 rings (SSSR count). The molecule has 1 aliphatic heterocycles. The largest absolute Gasteiger partial charge is 0.298 e. The van der Waals surface area contributed by atoms with Gasteiger partial charge in [0.15, 0.2) is 0 Å². The van der Waals surface area contributed by atoms with E-state index in [1.165, 1.54) is 0 Å². The van der Waals surface area contributed by atoms with Crippen molar-refractivity contribution in [2.75, 3.05) is 32.7 Å². The first-order valence-corrected chi connectivity index (χ1v) is 5.57. The molecule has 1 aliphatic rings. The highest BCUT2D eigenvalue weighted by molar-refractivity contribution is 6.22. The molecule has 4 heteroatoms. The molecular weight excluding hydrogens is 198 g/mol. The topological polar surface area (TPSA) is 30.3 Å². The molecule has 0 aromatic rings. The van der Waals surface area contributed by atoms with Crippen molar-refractivity contribution < 1.29 is 0 Å². The normalized spacial score (nSPS) is 22.2. The first kappa shape index (κ1) is 11.8. The highest BCUT2D eigenvalue weighted by Gasteiger charge is 2.20. The minimum absolute atomic E-state index is 0.361. The van der Waals surface area contributed by atoms with Crippen molar-refractivity contribution in [2.24, 2.45) is 0 Å². The first-order chi connectivity index (χ1) is 6.63. The molecule has 0 aromatic carbocycles. The lowest BCUT2D eigenvalue weighted by Gasteiger charge is -2.37. The van der Waals surface area contributed by atoms with Crippen molar-refractivity contribution in [1.82, 2.24) is 9.80 Å². The Bertz CT molecular complexity index is 204. The Morgan fingerprint density at radius 3 is 2.29 bits per heavy atom. The summed E-state index contributed by atoms with van der Waals surface area (Å²) in [6.45, 7) is 9.38. The summed E-state index contributed by atoms with van der Waals surface area (Å²) in [4.78, 5) is 4.71. The fourth-order valence-corrected chi connectivity index (χ4v) is 1.93. The maximum atomic E-state index is 8.59. The summed E-state index contributed by atoms with van der Waals surface area (Å²) in [5.41, 5.74) is 0. The van der Waals surface area contributed by atoms with E-state index in [0.717, 1.165) is 26.2 Å². The molecule has 1 saturated heterocycles. The molecule has 1 fully saturated rings. The number of rotatable bonds is 3. The zero-order valence-electron chi connectivity index (χ0n) is 8.91. The van der Waals surface area contributed by atoms with Gasteiger partial charge in [0.1, 0.15) is 5.38 Å². The predicted octanol–water partition coefficient (Wildman–Crippen LogP) is 1.14. The van der Waals surface area contributed by atoms with Gasteiger partial charge in [-0.15, -0.1) is 11.6 Å². The Kier molecular flexibility index (Phi) is 4.67. The summed E-state index contributed by atoms with van der Waals surface area (Å²) >= 11 is 5.78. The van der Waals surface area contributed by atoms with Gasteiger partial charge in [-0.25, -0.2) is 0 Å². The smallest absolute Gasteiger partial charge is 0.133 e. The molecule has 0 N–H and O–H groups in total. The van der Waals surface area contributed by atoms with Gasteiger partial charge in [-0.1, -0.05) is 0 Å². The third kappa shape index (κ3) is 3.45. The van der Waals surface area contributed by atoms with Crippen LogP contribution in [0, 0.1) is 11.3 Å². The second-order valence-corrected chi connectivity index (χ2v) is 4.55.